The van der Waals surface area contributed by atoms with E-state index in [2.05, 4.69) is 68.8 Å². The van der Waals surface area contributed by atoms with Crippen molar-refractivity contribution in [2.45, 2.75) is 40.2 Å². The minimum absolute atomic E-state index is 0.00635. The van der Waals surface area contributed by atoms with Gasteiger partial charge in [-0.15, -0.1) is 0 Å². The van der Waals surface area contributed by atoms with Crippen LogP contribution < -0.4 is 9.64 Å². The number of hydrogen-bond donors (Lipinski definition) is 0. The lowest BCUT2D eigenvalue weighted by Gasteiger charge is -2.43. The molecule has 1 aliphatic rings. The first-order chi connectivity index (χ1) is 12.4. The van der Waals surface area contributed by atoms with Gasteiger partial charge in [0, 0.05) is 35.6 Å². The second kappa shape index (κ2) is 6.99. The molecule has 0 N–H and O–H groups in total. The highest BCUT2D eigenvalue weighted by Crippen LogP contribution is 2.41. The number of allylic oxidation sites excluding steroid dienone is 1. The second-order valence-corrected chi connectivity index (χ2v) is 7.38. The minimum Gasteiger partial charge on any atom is -0.496 e. The fraction of sp³-hybridized carbons (Fsp3) is 0.348. The highest BCUT2D eigenvalue weighted by atomic mass is 16.5. The first kappa shape index (κ1) is 18.2. The summed E-state index contributed by atoms with van der Waals surface area (Å²) >= 11 is 0. The molecule has 0 radical (unpaired) electrons. The van der Waals surface area contributed by atoms with Crippen LogP contribution in [0, 0.1) is 6.92 Å². The number of aliphatic imine (C=N–C) groups is 1. The number of nitrogens with zero attached hydrogens (tertiary/aromatic N) is 2. The Hall–Kier alpha value is -2.55. The molecule has 0 fully saturated rings. The van der Waals surface area contributed by atoms with Gasteiger partial charge in [0.2, 0.25) is 0 Å². The van der Waals surface area contributed by atoms with Gasteiger partial charge in [-0.2, -0.15) is 0 Å². The van der Waals surface area contributed by atoms with E-state index in [-0.39, 0.29) is 5.54 Å². The molecule has 0 amide bonds. The van der Waals surface area contributed by atoms with E-state index in [4.69, 9.17) is 4.74 Å². The van der Waals surface area contributed by atoms with Crippen LogP contribution in [0.4, 0.5) is 11.4 Å². The molecular weight excluding hydrogens is 320 g/mol. The smallest absolute Gasteiger partial charge is 0.129 e. The molecule has 0 saturated heterocycles. The van der Waals surface area contributed by atoms with Gasteiger partial charge in [-0.05, 0) is 57.9 Å². The van der Waals surface area contributed by atoms with Crippen LogP contribution in [-0.4, -0.2) is 25.4 Å². The summed E-state index contributed by atoms with van der Waals surface area (Å²) in [5, 5.41) is 0. The van der Waals surface area contributed by atoms with E-state index in [1.165, 1.54) is 16.8 Å². The summed E-state index contributed by atoms with van der Waals surface area (Å²) in [5.74, 6) is 0.852. The summed E-state index contributed by atoms with van der Waals surface area (Å²) in [7, 11) is 1.72. The summed E-state index contributed by atoms with van der Waals surface area (Å²) in [6.45, 7) is 11.9. The van der Waals surface area contributed by atoms with E-state index in [1.54, 1.807) is 7.11 Å². The zero-order chi connectivity index (χ0) is 18.9. The number of para-hydroxylation sites is 1. The Balaban J connectivity index is 2.09. The van der Waals surface area contributed by atoms with Crippen molar-refractivity contribution in [3.05, 3.63) is 59.2 Å². The number of likely N-dealkylation sites (N-methyl/N-ethyl adjacent to an activating group) is 1. The van der Waals surface area contributed by atoms with Crippen molar-refractivity contribution in [1.82, 2.24) is 0 Å². The molecule has 3 heteroatoms. The average Bonchev–Trinajstić information content (AvgIpc) is 2.60. The fourth-order valence-electron chi connectivity index (χ4n) is 3.82. The van der Waals surface area contributed by atoms with Gasteiger partial charge in [-0.3, -0.25) is 4.99 Å². The standard InChI is InChI=1S/C23H28N2O/c1-7-25-21-13-22(26-6)18(12-19(21)17(3)14-23(25,4)5)15-24-20-11-9-8-10-16(20)2/h8-15H,7H2,1-6H3. The van der Waals surface area contributed by atoms with Crippen LogP contribution in [0.15, 0.2) is 47.5 Å². The first-order valence-corrected chi connectivity index (χ1v) is 9.16. The zero-order valence-electron chi connectivity index (χ0n) is 16.6. The van der Waals surface area contributed by atoms with Gasteiger partial charge in [-0.25, -0.2) is 0 Å². The van der Waals surface area contributed by atoms with Gasteiger partial charge in [0.1, 0.15) is 5.75 Å². The molecule has 0 bridgehead atoms. The Kier molecular flexibility index (Phi) is 4.90. The summed E-state index contributed by atoms with van der Waals surface area (Å²) in [6, 6.07) is 12.5. The number of rotatable bonds is 4. The Labute approximate surface area is 157 Å². The van der Waals surface area contributed by atoms with Crippen molar-refractivity contribution < 1.29 is 4.74 Å². The number of fused-ring (bicyclic) bond motifs is 1. The number of benzene rings is 2. The Morgan fingerprint density at radius 3 is 2.54 bits per heavy atom. The van der Waals surface area contributed by atoms with Crippen LogP contribution in [0.2, 0.25) is 0 Å². The van der Waals surface area contributed by atoms with E-state index in [9.17, 15) is 0 Å². The SMILES string of the molecule is CCN1c2cc(OC)c(C=Nc3ccccc3C)cc2C(C)=CC1(C)C. The van der Waals surface area contributed by atoms with Crippen molar-refractivity contribution in [2.24, 2.45) is 4.99 Å². The predicted octanol–water partition coefficient (Wildman–Crippen LogP) is 5.78. The number of anilines is 1. The normalized spacial score (nSPS) is 15.8. The molecule has 3 rings (SSSR count). The van der Waals surface area contributed by atoms with Crippen molar-refractivity contribution in [1.29, 1.82) is 0 Å². The first-order valence-electron chi connectivity index (χ1n) is 9.16. The van der Waals surface area contributed by atoms with E-state index in [0.717, 1.165) is 29.1 Å². The Morgan fingerprint density at radius 1 is 1.15 bits per heavy atom. The topological polar surface area (TPSA) is 24.8 Å². The van der Waals surface area contributed by atoms with Gasteiger partial charge in [0.25, 0.3) is 0 Å². The molecule has 3 nitrogen and oxygen atoms in total. The van der Waals surface area contributed by atoms with Gasteiger partial charge in [-0.1, -0.05) is 24.3 Å². The predicted molar refractivity (Wildman–Crippen MR) is 112 cm³/mol. The molecule has 136 valence electrons. The average molecular weight is 348 g/mol. The van der Waals surface area contributed by atoms with E-state index < -0.39 is 0 Å². The molecule has 2 aromatic carbocycles. The van der Waals surface area contributed by atoms with Crippen LogP contribution in [0.5, 0.6) is 5.75 Å². The highest BCUT2D eigenvalue weighted by molar-refractivity contribution is 5.92. The molecule has 1 aliphatic heterocycles. The van der Waals surface area contributed by atoms with E-state index in [0.29, 0.717) is 0 Å². The van der Waals surface area contributed by atoms with Crippen molar-refractivity contribution in [3.8, 4) is 5.75 Å². The van der Waals surface area contributed by atoms with Crippen LogP contribution in [-0.2, 0) is 0 Å². The lowest BCUT2D eigenvalue weighted by atomic mass is 9.88. The maximum absolute atomic E-state index is 5.69. The third-order valence-electron chi connectivity index (χ3n) is 5.10. The number of hydrogen-bond acceptors (Lipinski definition) is 3. The third-order valence-corrected chi connectivity index (χ3v) is 5.10. The molecule has 0 aliphatic carbocycles. The van der Waals surface area contributed by atoms with E-state index >= 15 is 0 Å². The Bertz CT molecular complexity index is 878. The van der Waals surface area contributed by atoms with Crippen LogP contribution in [0.1, 0.15) is 44.4 Å². The molecule has 1 heterocycles. The van der Waals surface area contributed by atoms with Crippen LogP contribution in [0.25, 0.3) is 5.57 Å². The molecule has 0 atom stereocenters. The Morgan fingerprint density at radius 2 is 1.88 bits per heavy atom. The van der Waals surface area contributed by atoms with Gasteiger partial charge in [0.15, 0.2) is 0 Å². The van der Waals surface area contributed by atoms with Crippen LogP contribution in [0.3, 0.4) is 0 Å². The molecule has 2 aromatic rings. The van der Waals surface area contributed by atoms with Gasteiger partial charge < -0.3 is 9.64 Å². The van der Waals surface area contributed by atoms with Crippen molar-refractivity contribution >= 4 is 23.2 Å². The maximum Gasteiger partial charge on any atom is 0.129 e. The number of methoxy groups -OCH3 is 1. The monoisotopic (exact) mass is 348 g/mol. The molecule has 26 heavy (non-hydrogen) atoms. The third kappa shape index (κ3) is 3.26. The second-order valence-electron chi connectivity index (χ2n) is 7.38. The summed E-state index contributed by atoms with van der Waals surface area (Å²) in [6.07, 6.45) is 4.25. The lowest BCUT2D eigenvalue weighted by molar-refractivity contribution is 0.413. The van der Waals surface area contributed by atoms with Crippen LogP contribution >= 0.6 is 0 Å². The quantitative estimate of drug-likeness (QED) is 0.655. The van der Waals surface area contributed by atoms with Gasteiger partial charge in [0.05, 0.1) is 18.3 Å². The fourth-order valence-corrected chi connectivity index (χ4v) is 3.82. The maximum atomic E-state index is 5.69. The van der Waals surface area contributed by atoms with Gasteiger partial charge >= 0.3 is 0 Å². The lowest BCUT2D eigenvalue weighted by Crippen LogP contribution is -2.44. The summed E-state index contributed by atoms with van der Waals surface area (Å²) < 4.78 is 5.69. The number of ether oxygens (including phenoxy) is 1. The largest absolute Gasteiger partial charge is 0.496 e. The summed E-state index contributed by atoms with van der Waals surface area (Å²) in [4.78, 5) is 7.11. The molecule has 0 spiro atoms. The van der Waals surface area contributed by atoms with E-state index in [1.807, 2.05) is 24.4 Å². The molecule has 0 saturated carbocycles. The van der Waals surface area contributed by atoms with Crippen molar-refractivity contribution in [3.63, 3.8) is 0 Å². The van der Waals surface area contributed by atoms with Crippen molar-refractivity contribution in [2.75, 3.05) is 18.6 Å². The highest BCUT2D eigenvalue weighted by Gasteiger charge is 2.31. The minimum atomic E-state index is -0.00635. The molecule has 0 aromatic heterocycles. The zero-order valence-corrected chi connectivity index (χ0v) is 16.6. The summed E-state index contributed by atoms with van der Waals surface area (Å²) in [5.41, 5.74) is 6.90. The molecule has 0 unspecified atom stereocenters. The number of aryl methyl sites for hydroxylation is 1. The molecular formula is C23H28N2O.